The van der Waals surface area contributed by atoms with Crippen molar-refractivity contribution in [1.29, 1.82) is 0 Å². The molecule has 1 atom stereocenters. The Morgan fingerprint density at radius 2 is 1.86 bits per heavy atom. The maximum absolute atomic E-state index is 10.2. The molecule has 0 saturated carbocycles. The summed E-state index contributed by atoms with van der Waals surface area (Å²) in [7, 11) is 3.68. The van der Waals surface area contributed by atoms with E-state index in [2.05, 4.69) is 20.8 Å². The zero-order valence-corrected chi connectivity index (χ0v) is 13.8. The molecule has 0 fully saturated rings. The SMILES string of the molecule is CC(C)(C)SSCCCCS(=O)[O-].[Na+]. The third kappa shape index (κ3) is 16.2. The van der Waals surface area contributed by atoms with Crippen LogP contribution in [0.3, 0.4) is 0 Å². The Kier molecular flexibility index (Phi) is 13.0. The smallest absolute Gasteiger partial charge is 0.772 e. The Morgan fingerprint density at radius 1 is 1.29 bits per heavy atom. The maximum atomic E-state index is 10.2. The molecular formula is C8H17NaO2S3. The predicted octanol–water partition coefficient (Wildman–Crippen LogP) is -0.170. The minimum atomic E-state index is -1.85. The van der Waals surface area contributed by atoms with E-state index in [0.717, 1.165) is 18.6 Å². The van der Waals surface area contributed by atoms with E-state index >= 15 is 0 Å². The van der Waals surface area contributed by atoms with E-state index < -0.39 is 11.1 Å². The van der Waals surface area contributed by atoms with Crippen molar-refractivity contribution >= 4 is 32.7 Å². The summed E-state index contributed by atoms with van der Waals surface area (Å²) in [6.07, 6.45) is 1.77. The van der Waals surface area contributed by atoms with Gasteiger partial charge in [-0.05, 0) is 12.8 Å². The topological polar surface area (TPSA) is 40.1 Å². The second kappa shape index (κ2) is 10.00. The van der Waals surface area contributed by atoms with Gasteiger partial charge in [0.1, 0.15) is 0 Å². The van der Waals surface area contributed by atoms with Gasteiger partial charge in [0, 0.05) is 16.3 Å². The molecule has 2 nitrogen and oxygen atoms in total. The van der Waals surface area contributed by atoms with Crippen molar-refractivity contribution in [2.75, 3.05) is 11.5 Å². The summed E-state index contributed by atoms with van der Waals surface area (Å²) >= 11 is -1.85. The van der Waals surface area contributed by atoms with Crippen LogP contribution in [0.4, 0.5) is 0 Å². The van der Waals surface area contributed by atoms with E-state index in [1.165, 1.54) is 0 Å². The van der Waals surface area contributed by atoms with E-state index in [0.29, 0.717) is 10.5 Å². The quantitative estimate of drug-likeness (QED) is 0.289. The van der Waals surface area contributed by atoms with Crippen LogP contribution in [0.25, 0.3) is 0 Å². The molecule has 0 aromatic carbocycles. The van der Waals surface area contributed by atoms with Gasteiger partial charge in [-0.15, -0.1) is 0 Å². The molecule has 0 aromatic heterocycles. The molecule has 0 N–H and O–H groups in total. The van der Waals surface area contributed by atoms with Gasteiger partial charge < -0.3 is 4.55 Å². The molecule has 6 heteroatoms. The molecule has 14 heavy (non-hydrogen) atoms. The second-order valence-corrected chi connectivity index (χ2v) is 7.99. The second-order valence-electron chi connectivity index (χ2n) is 3.73. The third-order valence-corrected chi connectivity index (χ3v) is 5.15. The molecule has 80 valence electrons. The first-order valence-corrected chi connectivity index (χ1v) is 7.84. The van der Waals surface area contributed by atoms with Gasteiger partial charge in [0.2, 0.25) is 0 Å². The normalized spacial score (nSPS) is 13.4. The van der Waals surface area contributed by atoms with Gasteiger partial charge in [-0.1, -0.05) is 53.4 Å². The first-order chi connectivity index (χ1) is 5.92. The van der Waals surface area contributed by atoms with Crippen LogP contribution in [0, 0.1) is 0 Å². The van der Waals surface area contributed by atoms with Gasteiger partial charge in [-0.3, -0.25) is 4.21 Å². The molecular weight excluding hydrogens is 247 g/mol. The van der Waals surface area contributed by atoms with E-state index in [1.54, 1.807) is 0 Å². The predicted molar refractivity (Wildman–Crippen MR) is 62.8 cm³/mol. The van der Waals surface area contributed by atoms with Crippen molar-refractivity contribution in [2.45, 2.75) is 38.4 Å². The Balaban J connectivity index is 0. The molecule has 0 aliphatic carbocycles. The largest absolute Gasteiger partial charge is 1.00 e. The molecule has 0 aliphatic rings. The van der Waals surface area contributed by atoms with Crippen molar-refractivity contribution in [3.8, 4) is 0 Å². The molecule has 0 heterocycles. The van der Waals surface area contributed by atoms with Crippen LogP contribution in [0.15, 0.2) is 0 Å². The summed E-state index contributed by atoms with van der Waals surface area (Å²) in [6, 6.07) is 0. The standard InChI is InChI=1S/C8H18O2S3.Na/c1-8(2,3)12-11-6-4-5-7-13(9)10;/h4-7H2,1-3H3,(H,9,10);/q;+1/p-1. The van der Waals surface area contributed by atoms with Crippen molar-refractivity contribution in [3.63, 3.8) is 0 Å². The van der Waals surface area contributed by atoms with Gasteiger partial charge in [0.15, 0.2) is 0 Å². The summed E-state index contributed by atoms with van der Waals surface area (Å²) in [6.45, 7) is 6.53. The first kappa shape index (κ1) is 18.2. The summed E-state index contributed by atoms with van der Waals surface area (Å²) in [5.41, 5.74) is 0. The molecule has 0 spiro atoms. The van der Waals surface area contributed by atoms with Gasteiger partial charge in [0.05, 0.1) is 0 Å². The molecule has 0 amide bonds. The van der Waals surface area contributed by atoms with Crippen LogP contribution in [-0.4, -0.2) is 25.0 Å². The average molecular weight is 264 g/mol. The Bertz CT molecular complexity index is 159. The maximum Gasteiger partial charge on any atom is 1.00 e. The van der Waals surface area contributed by atoms with E-state index in [4.69, 9.17) is 0 Å². The molecule has 1 unspecified atom stereocenters. The minimum absolute atomic E-state index is 0. The third-order valence-electron chi connectivity index (χ3n) is 1.10. The van der Waals surface area contributed by atoms with Gasteiger partial charge >= 0.3 is 29.6 Å². The fourth-order valence-corrected chi connectivity index (χ4v) is 3.46. The first-order valence-electron chi connectivity index (χ1n) is 4.28. The zero-order chi connectivity index (χ0) is 10.3. The Hall–Kier alpha value is 1.81. The number of unbranched alkanes of at least 4 members (excludes halogenated alkanes) is 1. The van der Waals surface area contributed by atoms with Crippen LogP contribution in [0.1, 0.15) is 33.6 Å². The van der Waals surface area contributed by atoms with Crippen molar-refractivity contribution < 1.29 is 38.3 Å². The molecule has 0 radical (unpaired) electrons. The summed E-state index contributed by atoms with van der Waals surface area (Å²) < 4.78 is 20.7. The minimum Gasteiger partial charge on any atom is -0.772 e. The van der Waals surface area contributed by atoms with Crippen LogP contribution in [-0.2, 0) is 11.1 Å². The summed E-state index contributed by atoms with van der Waals surface area (Å²) in [5.74, 6) is 1.35. The monoisotopic (exact) mass is 264 g/mol. The molecule has 0 rings (SSSR count). The number of hydrogen-bond acceptors (Lipinski definition) is 4. The van der Waals surface area contributed by atoms with Crippen molar-refractivity contribution in [2.24, 2.45) is 0 Å². The van der Waals surface area contributed by atoms with Crippen LogP contribution in [0.5, 0.6) is 0 Å². The van der Waals surface area contributed by atoms with E-state index in [-0.39, 0.29) is 29.6 Å². The molecule has 0 aliphatic heterocycles. The van der Waals surface area contributed by atoms with Gasteiger partial charge in [0.25, 0.3) is 0 Å². The van der Waals surface area contributed by atoms with Crippen LogP contribution < -0.4 is 29.6 Å². The number of hydrogen-bond donors (Lipinski definition) is 0. The summed E-state index contributed by atoms with van der Waals surface area (Å²) in [4.78, 5) is 0. The number of rotatable bonds is 6. The van der Waals surface area contributed by atoms with Crippen molar-refractivity contribution in [1.82, 2.24) is 0 Å². The van der Waals surface area contributed by atoms with Crippen LogP contribution >= 0.6 is 21.6 Å². The van der Waals surface area contributed by atoms with Crippen molar-refractivity contribution in [3.05, 3.63) is 0 Å². The van der Waals surface area contributed by atoms with Gasteiger partial charge in [-0.25, -0.2) is 0 Å². The summed E-state index contributed by atoms with van der Waals surface area (Å²) in [5, 5.41) is 0. The Labute approximate surface area is 120 Å². The average Bonchev–Trinajstić information content (AvgIpc) is 1.93. The van der Waals surface area contributed by atoms with Crippen LogP contribution in [0.2, 0.25) is 0 Å². The molecule has 0 aromatic rings. The Morgan fingerprint density at radius 3 is 2.29 bits per heavy atom. The fraction of sp³-hybridized carbons (Fsp3) is 1.00. The zero-order valence-electron chi connectivity index (χ0n) is 9.37. The molecule has 0 bridgehead atoms. The van der Waals surface area contributed by atoms with Gasteiger partial charge in [-0.2, -0.15) is 0 Å². The molecule has 0 saturated heterocycles. The van der Waals surface area contributed by atoms with E-state index in [9.17, 15) is 8.76 Å². The van der Waals surface area contributed by atoms with E-state index in [1.807, 2.05) is 21.6 Å². The fourth-order valence-electron chi connectivity index (χ4n) is 0.599.